The second-order valence-electron chi connectivity index (χ2n) is 3.75. The highest BCUT2D eigenvalue weighted by molar-refractivity contribution is 5.80. The second kappa shape index (κ2) is 4.29. The molecule has 1 N–H and O–H groups in total. The normalized spacial score (nSPS) is 11.9. The quantitative estimate of drug-likeness (QED) is 0.818. The first kappa shape index (κ1) is 11.2. The number of carbonyl (C=O) groups is 1. The number of para-hydroxylation sites is 2. The molecule has 0 spiro atoms. The molecule has 1 aromatic carbocycles. The highest BCUT2D eigenvalue weighted by atomic mass is 16.4. The first-order valence-electron chi connectivity index (χ1n) is 5.06. The molecule has 2 rings (SSSR count). The van der Waals surface area contributed by atoms with Crippen LogP contribution in [0, 0.1) is 0 Å². The van der Waals surface area contributed by atoms with Gasteiger partial charge in [0.15, 0.2) is 5.58 Å². The number of benzene rings is 1. The van der Waals surface area contributed by atoms with E-state index in [4.69, 9.17) is 9.52 Å². The Kier molecular flexibility index (Phi) is 2.82. The average Bonchev–Trinajstić information content (AvgIpc) is 2.55. The van der Waals surface area contributed by atoms with E-state index in [0.717, 1.165) is 6.08 Å². The van der Waals surface area contributed by atoms with Crippen LogP contribution in [0.4, 0.5) is 0 Å². The van der Waals surface area contributed by atoms with Crippen molar-refractivity contribution in [3.8, 4) is 0 Å². The predicted molar refractivity (Wildman–Crippen MR) is 61.9 cm³/mol. The Morgan fingerprint density at radius 2 is 2.18 bits per heavy atom. The van der Waals surface area contributed by atoms with E-state index < -0.39 is 11.7 Å². The molecule has 0 fully saturated rings. The van der Waals surface area contributed by atoms with Gasteiger partial charge < -0.3 is 9.52 Å². The highest BCUT2D eigenvalue weighted by Crippen LogP contribution is 2.12. The maximum Gasteiger partial charge on any atom is 0.420 e. The molecule has 1 heterocycles. The number of allylic oxidation sites excluding steroid dienone is 1. The molecule has 5 heteroatoms. The predicted octanol–water partition coefficient (Wildman–Crippen LogP) is 1.63. The Morgan fingerprint density at radius 3 is 2.88 bits per heavy atom. The molecule has 1 aromatic heterocycles. The van der Waals surface area contributed by atoms with Crippen LogP contribution in [0.1, 0.15) is 6.92 Å². The summed E-state index contributed by atoms with van der Waals surface area (Å²) < 4.78 is 6.44. The topological polar surface area (TPSA) is 72.4 Å². The molecule has 0 saturated heterocycles. The number of nitrogens with zero attached hydrogens (tertiary/aromatic N) is 1. The van der Waals surface area contributed by atoms with Gasteiger partial charge >= 0.3 is 11.7 Å². The number of fused-ring (bicyclic) bond motifs is 1. The summed E-state index contributed by atoms with van der Waals surface area (Å²) in [6, 6.07) is 7.03. The summed E-state index contributed by atoms with van der Waals surface area (Å²) in [5.74, 6) is -1.51. The minimum atomic E-state index is -1.02. The van der Waals surface area contributed by atoms with Crippen LogP contribution in [-0.4, -0.2) is 15.6 Å². The lowest BCUT2D eigenvalue weighted by Gasteiger charge is -2.01. The molecular weight excluding hydrogens is 222 g/mol. The van der Waals surface area contributed by atoms with Gasteiger partial charge in [-0.15, -0.1) is 0 Å². The molecule has 0 amide bonds. The number of oxazole rings is 1. The Morgan fingerprint density at radius 1 is 1.47 bits per heavy atom. The Hall–Kier alpha value is -2.30. The highest BCUT2D eigenvalue weighted by Gasteiger charge is 2.08. The van der Waals surface area contributed by atoms with E-state index in [1.807, 2.05) is 0 Å². The van der Waals surface area contributed by atoms with Gasteiger partial charge in [0.05, 0.1) is 12.1 Å². The zero-order chi connectivity index (χ0) is 12.4. The van der Waals surface area contributed by atoms with Gasteiger partial charge in [-0.2, -0.15) is 0 Å². The third-order valence-corrected chi connectivity index (χ3v) is 2.35. The van der Waals surface area contributed by atoms with Crippen LogP contribution < -0.4 is 5.76 Å². The van der Waals surface area contributed by atoms with E-state index in [1.54, 1.807) is 31.2 Å². The molecule has 17 heavy (non-hydrogen) atoms. The van der Waals surface area contributed by atoms with E-state index in [9.17, 15) is 9.59 Å². The Labute approximate surface area is 96.6 Å². The van der Waals surface area contributed by atoms with Gasteiger partial charge in [-0.25, -0.2) is 9.59 Å². The number of carboxylic acid groups (broad SMARTS) is 1. The van der Waals surface area contributed by atoms with Gasteiger partial charge in [-0.05, 0) is 24.6 Å². The third-order valence-electron chi connectivity index (χ3n) is 2.35. The van der Waals surface area contributed by atoms with Crippen molar-refractivity contribution < 1.29 is 14.3 Å². The lowest BCUT2D eigenvalue weighted by Crippen LogP contribution is -2.15. The summed E-state index contributed by atoms with van der Waals surface area (Å²) in [5.41, 5.74) is 1.74. The van der Waals surface area contributed by atoms with Gasteiger partial charge in [-0.1, -0.05) is 12.1 Å². The zero-order valence-electron chi connectivity index (χ0n) is 9.21. The number of hydrogen-bond acceptors (Lipinski definition) is 3. The number of aromatic nitrogens is 1. The molecule has 5 nitrogen and oxygen atoms in total. The summed E-state index contributed by atoms with van der Waals surface area (Å²) in [4.78, 5) is 22.1. The van der Waals surface area contributed by atoms with E-state index in [2.05, 4.69) is 0 Å². The number of rotatable bonds is 3. The summed E-state index contributed by atoms with van der Waals surface area (Å²) >= 11 is 0. The molecule has 0 unspecified atom stereocenters. The molecule has 0 bridgehead atoms. The van der Waals surface area contributed by atoms with Crippen molar-refractivity contribution in [2.75, 3.05) is 0 Å². The Balaban J connectivity index is 2.46. The van der Waals surface area contributed by atoms with Crippen molar-refractivity contribution in [1.29, 1.82) is 0 Å². The largest absolute Gasteiger partial charge is 0.478 e. The van der Waals surface area contributed by atoms with Gasteiger partial charge in [0, 0.05) is 6.08 Å². The smallest absolute Gasteiger partial charge is 0.420 e. The van der Waals surface area contributed by atoms with Crippen molar-refractivity contribution in [2.24, 2.45) is 0 Å². The lowest BCUT2D eigenvalue weighted by atomic mass is 10.2. The van der Waals surface area contributed by atoms with E-state index >= 15 is 0 Å². The fourth-order valence-corrected chi connectivity index (χ4v) is 1.67. The first-order valence-corrected chi connectivity index (χ1v) is 5.06. The SMILES string of the molecule is CC(=CC(=O)O)Cn1c(=O)oc2ccccc21. The molecule has 0 radical (unpaired) electrons. The van der Waals surface area contributed by atoms with Crippen LogP contribution in [0.2, 0.25) is 0 Å². The standard InChI is InChI=1S/C12H11NO4/c1-8(6-11(14)15)7-13-9-4-2-3-5-10(9)17-12(13)16/h2-6H,7H2,1H3,(H,14,15). The summed E-state index contributed by atoms with van der Waals surface area (Å²) in [6.45, 7) is 1.87. The average molecular weight is 233 g/mol. The van der Waals surface area contributed by atoms with E-state index in [1.165, 1.54) is 4.57 Å². The molecular formula is C12H11NO4. The summed E-state index contributed by atoms with van der Waals surface area (Å²) in [6.07, 6.45) is 1.08. The van der Waals surface area contributed by atoms with Crippen LogP contribution in [0.5, 0.6) is 0 Å². The van der Waals surface area contributed by atoms with E-state index in [-0.39, 0.29) is 6.54 Å². The van der Waals surface area contributed by atoms with Gasteiger partial charge in [-0.3, -0.25) is 4.57 Å². The van der Waals surface area contributed by atoms with Crippen molar-refractivity contribution in [2.45, 2.75) is 13.5 Å². The van der Waals surface area contributed by atoms with Crippen molar-refractivity contribution in [1.82, 2.24) is 4.57 Å². The van der Waals surface area contributed by atoms with Gasteiger partial charge in [0.25, 0.3) is 0 Å². The molecule has 2 aromatic rings. The lowest BCUT2D eigenvalue weighted by molar-refractivity contribution is -0.131. The molecule has 0 aliphatic heterocycles. The molecule has 0 saturated carbocycles. The number of aliphatic carboxylic acids is 1. The first-order chi connectivity index (χ1) is 8.08. The maximum absolute atomic E-state index is 11.6. The molecule has 0 aliphatic rings. The summed E-state index contributed by atoms with van der Waals surface area (Å²) in [7, 11) is 0. The molecule has 0 atom stereocenters. The fourth-order valence-electron chi connectivity index (χ4n) is 1.67. The van der Waals surface area contributed by atoms with Crippen molar-refractivity contribution in [3.63, 3.8) is 0 Å². The maximum atomic E-state index is 11.6. The number of carboxylic acids is 1. The van der Waals surface area contributed by atoms with E-state index in [0.29, 0.717) is 16.7 Å². The zero-order valence-corrected chi connectivity index (χ0v) is 9.21. The molecule has 88 valence electrons. The summed E-state index contributed by atoms with van der Waals surface area (Å²) in [5, 5.41) is 8.61. The van der Waals surface area contributed by atoms with Crippen LogP contribution in [0.15, 0.2) is 45.1 Å². The minimum Gasteiger partial charge on any atom is -0.478 e. The minimum absolute atomic E-state index is 0.210. The van der Waals surface area contributed by atoms with Crippen molar-refractivity contribution in [3.05, 3.63) is 46.5 Å². The second-order valence-corrected chi connectivity index (χ2v) is 3.75. The number of hydrogen-bond donors (Lipinski definition) is 1. The van der Waals surface area contributed by atoms with Crippen LogP contribution in [0.25, 0.3) is 11.1 Å². The van der Waals surface area contributed by atoms with Crippen LogP contribution in [0.3, 0.4) is 0 Å². The third kappa shape index (κ3) is 2.28. The van der Waals surface area contributed by atoms with Gasteiger partial charge in [0.2, 0.25) is 0 Å². The van der Waals surface area contributed by atoms with Gasteiger partial charge in [0.1, 0.15) is 0 Å². The monoisotopic (exact) mass is 233 g/mol. The fraction of sp³-hybridized carbons (Fsp3) is 0.167. The van der Waals surface area contributed by atoms with Crippen molar-refractivity contribution >= 4 is 17.1 Å². The Bertz CT molecular complexity index is 648. The van der Waals surface area contributed by atoms with Crippen LogP contribution >= 0.6 is 0 Å². The van der Waals surface area contributed by atoms with Crippen LogP contribution in [-0.2, 0) is 11.3 Å². The molecule has 0 aliphatic carbocycles.